The van der Waals surface area contributed by atoms with Crippen LogP contribution in [0.5, 0.6) is 0 Å². The molecule has 5 rings (SSSR count). The number of fused-ring (bicyclic) bond motifs is 1. The molecule has 35 heavy (non-hydrogen) atoms. The second-order valence-corrected chi connectivity index (χ2v) is 12.7. The zero-order valence-electron chi connectivity index (χ0n) is 20.0. The number of benzene rings is 3. The Bertz CT molecular complexity index is 1040. The first-order valence-electron chi connectivity index (χ1n) is 11.9. The fourth-order valence-corrected chi connectivity index (χ4v) is 7.50. The molecule has 1 atom stereocenters. The second kappa shape index (κ2) is 15.2. The van der Waals surface area contributed by atoms with Crippen molar-refractivity contribution in [3.05, 3.63) is 71.8 Å². The van der Waals surface area contributed by atoms with Crippen molar-refractivity contribution in [2.24, 2.45) is 0 Å². The van der Waals surface area contributed by atoms with Crippen LogP contribution in [-0.2, 0) is 0 Å². The zero-order valence-corrected chi connectivity index (χ0v) is 23.5. The van der Waals surface area contributed by atoms with E-state index in [1.54, 1.807) is 12.1 Å². The van der Waals surface area contributed by atoms with Crippen LogP contribution in [0.25, 0.3) is 11.1 Å². The Balaban J connectivity index is 0.000000369. The van der Waals surface area contributed by atoms with Gasteiger partial charge in [0.15, 0.2) is 8.38 Å². The molecule has 1 heterocycles. The summed E-state index contributed by atoms with van der Waals surface area (Å²) in [6.07, 6.45) is 10.1. The lowest BCUT2D eigenvalue weighted by atomic mass is 10.0. The lowest BCUT2D eigenvalue weighted by molar-refractivity contribution is 0.399. The first-order valence-corrected chi connectivity index (χ1v) is 16.3. The predicted molar refractivity (Wildman–Crippen MR) is 156 cm³/mol. The average molecular weight is 550 g/mol. The average Bonchev–Trinajstić information content (AvgIpc) is 3.13. The van der Waals surface area contributed by atoms with E-state index < -0.39 is 8.38 Å². The van der Waals surface area contributed by atoms with E-state index in [1.165, 1.54) is 49.1 Å². The molecule has 0 amide bonds. The summed E-state index contributed by atoms with van der Waals surface area (Å²) in [4.78, 5) is 22.6. The van der Waals surface area contributed by atoms with Gasteiger partial charge in [-0.15, -0.1) is 0 Å². The third-order valence-electron chi connectivity index (χ3n) is 5.91. The van der Waals surface area contributed by atoms with Crippen molar-refractivity contribution in [1.29, 1.82) is 0 Å². The summed E-state index contributed by atoms with van der Waals surface area (Å²) in [6, 6.07) is 21.9. The minimum Gasteiger partial charge on any atom is -0.400 e. The van der Waals surface area contributed by atoms with E-state index in [9.17, 15) is 9.79 Å². The number of hydrogen-bond donors (Lipinski definition) is 3. The number of nitrogens with zero attached hydrogens (tertiary/aromatic N) is 1. The quantitative estimate of drug-likeness (QED) is 0.292. The molecule has 8 heteroatoms. The van der Waals surface area contributed by atoms with Crippen LogP contribution in [0.2, 0.25) is 5.02 Å². The highest BCUT2D eigenvalue weighted by molar-refractivity contribution is 8.49. The predicted octanol–water partition coefficient (Wildman–Crippen LogP) is 7.72. The number of aliphatic hydroxyl groups is 1. The number of halogens is 1. The fraction of sp³-hybridized carbons (Fsp3) is 0.333. The molecule has 4 nitrogen and oxygen atoms in total. The number of hydrogen-bond acceptors (Lipinski definition) is 5. The van der Waals surface area contributed by atoms with Crippen molar-refractivity contribution in [3.63, 3.8) is 0 Å². The van der Waals surface area contributed by atoms with Crippen LogP contribution in [0.1, 0.15) is 38.5 Å². The van der Waals surface area contributed by atoms with Crippen LogP contribution in [0, 0.1) is 0 Å². The first kappa shape index (κ1) is 28.4. The van der Waals surface area contributed by atoms with E-state index in [2.05, 4.69) is 35.2 Å². The number of aliphatic hydroxyl groups excluding tert-OH is 1. The van der Waals surface area contributed by atoms with Gasteiger partial charge in [0.05, 0.1) is 10.7 Å². The van der Waals surface area contributed by atoms with Gasteiger partial charge in [-0.25, -0.2) is 0 Å². The SMILES string of the molecule is C1CCCCC1.CO.OP(O)c1cccc(-c2cc3c(cc2Cl)N(c2ccccc2)CCPS3)c1. The fourth-order valence-electron chi connectivity index (χ4n) is 4.20. The van der Waals surface area contributed by atoms with Crippen LogP contribution in [-0.4, -0.2) is 34.7 Å². The molecule has 188 valence electrons. The number of para-hydroxylation sites is 1. The standard InChI is InChI=1S/C20H18ClNO2P2S.C6H12.CH4O/c21-18-13-19-20(12-17(18)14-5-4-8-16(11-14)26(23)24)27-25-10-9-22(19)15-6-2-1-3-7-15;1-2-4-6-5-3-1;1-2/h1-8,11-13,23-25H,9-10H2;1-6H2;2H,1H3. The van der Waals surface area contributed by atoms with Gasteiger partial charge in [0, 0.05) is 35.1 Å². The summed E-state index contributed by atoms with van der Waals surface area (Å²) in [6.45, 7) is 0.965. The van der Waals surface area contributed by atoms with E-state index in [4.69, 9.17) is 16.7 Å². The Hall–Kier alpha value is -1.16. The largest absolute Gasteiger partial charge is 0.400 e. The van der Waals surface area contributed by atoms with Crippen molar-refractivity contribution in [3.8, 4) is 11.1 Å². The second-order valence-electron chi connectivity index (χ2n) is 8.24. The summed E-state index contributed by atoms with van der Waals surface area (Å²) in [5, 5.41) is 8.19. The molecule has 1 aliphatic heterocycles. The molecule has 0 bridgehead atoms. The van der Waals surface area contributed by atoms with Crippen LogP contribution in [0.3, 0.4) is 0 Å². The smallest absolute Gasteiger partial charge is 0.199 e. The van der Waals surface area contributed by atoms with Crippen molar-refractivity contribution in [2.75, 3.05) is 24.7 Å². The summed E-state index contributed by atoms with van der Waals surface area (Å²) >= 11 is 8.55. The summed E-state index contributed by atoms with van der Waals surface area (Å²) in [5.74, 6) is 0. The topological polar surface area (TPSA) is 63.9 Å². The molecule has 0 saturated heterocycles. The molecule has 2 aliphatic rings. The van der Waals surface area contributed by atoms with Crippen LogP contribution >= 0.6 is 39.1 Å². The van der Waals surface area contributed by atoms with Gasteiger partial charge < -0.3 is 19.8 Å². The minimum atomic E-state index is -2.12. The van der Waals surface area contributed by atoms with Gasteiger partial charge in [0.2, 0.25) is 0 Å². The molecule has 0 aromatic heterocycles. The van der Waals surface area contributed by atoms with Crippen molar-refractivity contribution in [2.45, 2.75) is 43.4 Å². The highest BCUT2D eigenvalue weighted by Crippen LogP contribution is 2.49. The monoisotopic (exact) mass is 549 g/mol. The maximum atomic E-state index is 9.53. The molecule has 3 N–H and O–H groups in total. The molecule has 1 saturated carbocycles. The Kier molecular flexibility index (Phi) is 12.3. The van der Waals surface area contributed by atoms with Crippen LogP contribution in [0.4, 0.5) is 11.4 Å². The molecule has 1 aliphatic carbocycles. The lowest BCUT2D eigenvalue weighted by Crippen LogP contribution is -2.19. The Morgan fingerprint density at radius 1 is 0.857 bits per heavy atom. The Morgan fingerprint density at radius 2 is 1.51 bits per heavy atom. The molecule has 3 aromatic carbocycles. The van der Waals surface area contributed by atoms with Gasteiger partial charge in [0.25, 0.3) is 0 Å². The van der Waals surface area contributed by atoms with Gasteiger partial charge in [-0.2, -0.15) is 0 Å². The van der Waals surface area contributed by atoms with Crippen LogP contribution < -0.4 is 10.2 Å². The Labute approximate surface area is 221 Å². The maximum Gasteiger partial charge on any atom is 0.199 e. The van der Waals surface area contributed by atoms with E-state index >= 15 is 0 Å². The highest BCUT2D eigenvalue weighted by Gasteiger charge is 2.20. The molecule has 1 unspecified atom stereocenters. The summed E-state index contributed by atoms with van der Waals surface area (Å²) in [5.41, 5.74) is 4.12. The van der Waals surface area contributed by atoms with Crippen molar-refractivity contribution < 1.29 is 14.9 Å². The normalized spacial score (nSPS) is 15.9. The third-order valence-corrected chi connectivity index (χ3v) is 9.79. The van der Waals surface area contributed by atoms with E-state index in [0.717, 1.165) is 44.4 Å². The maximum absolute atomic E-state index is 9.53. The van der Waals surface area contributed by atoms with Gasteiger partial charge in [-0.1, -0.05) is 99.6 Å². The molecule has 0 spiro atoms. The van der Waals surface area contributed by atoms with Gasteiger partial charge >= 0.3 is 0 Å². The summed E-state index contributed by atoms with van der Waals surface area (Å²) in [7, 11) is -0.326. The van der Waals surface area contributed by atoms with E-state index in [1.807, 2.05) is 35.6 Å². The van der Waals surface area contributed by atoms with Crippen LogP contribution in [0.15, 0.2) is 71.6 Å². The van der Waals surface area contributed by atoms with E-state index in [-0.39, 0.29) is 0 Å². The van der Waals surface area contributed by atoms with Crippen molar-refractivity contribution in [1.82, 2.24) is 0 Å². The van der Waals surface area contributed by atoms with E-state index in [0.29, 0.717) is 10.3 Å². The van der Waals surface area contributed by atoms with Gasteiger partial charge in [0.1, 0.15) is 0 Å². The third kappa shape index (κ3) is 8.17. The molecule has 3 aromatic rings. The molecular weight excluding hydrogens is 516 g/mol. The van der Waals surface area contributed by atoms with Gasteiger partial charge in [-0.3, -0.25) is 0 Å². The number of rotatable bonds is 3. The number of anilines is 2. The molecule has 1 fully saturated rings. The molecular formula is C27H34ClNO3P2S. The summed E-state index contributed by atoms with van der Waals surface area (Å²) < 4.78 is 0. The highest BCUT2D eigenvalue weighted by atomic mass is 35.5. The first-order chi connectivity index (χ1) is 17.1. The molecule has 0 radical (unpaired) electrons. The van der Waals surface area contributed by atoms with Crippen molar-refractivity contribution >= 4 is 55.8 Å². The minimum absolute atomic E-state index is 0.522. The lowest BCUT2D eigenvalue weighted by Gasteiger charge is -2.25. The van der Waals surface area contributed by atoms with Gasteiger partial charge in [-0.05, 0) is 48.1 Å². The zero-order chi connectivity index (χ0) is 25.0. The Morgan fingerprint density at radius 3 is 2.14 bits per heavy atom.